The van der Waals surface area contributed by atoms with Crippen LogP contribution in [0.4, 0.5) is 11.4 Å². The van der Waals surface area contributed by atoms with Crippen LogP contribution in [-0.4, -0.2) is 138 Å². The van der Waals surface area contributed by atoms with Crippen molar-refractivity contribution in [1.29, 1.82) is 0 Å². The zero-order chi connectivity index (χ0) is 68.7. The molecule has 0 bridgehead atoms. The Morgan fingerprint density at radius 3 is 1.51 bits per heavy atom. The van der Waals surface area contributed by atoms with Gasteiger partial charge in [-0.1, -0.05) is 91.0 Å². The topological polar surface area (TPSA) is 463 Å². The summed E-state index contributed by atoms with van der Waals surface area (Å²) in [4.78, 5) is 40.5. The summed E-state index contributed by atoms with van der Waals surface area (Å²) in [5.74, 6) is -0.583. The van der Waals surface area contributed by atoms with E-state index >= 15 is 0 Å². The van der Waals surface area contributed by atoms with E-state index in [2.05, 4.69) is 93.0 Å². The third-order valence-electron chi connectivity index (χ3n) is 13.2. The summed E-state index contributed by atoms with van der Waals surface area (Å²) in [6.07, 6.45) is 3.33. The molecule has 94 heavy (non-hydrogen) atoms. The third-order valence-corrected chi connectivity index (χ3v) is 13.2. The van der Waals surface area contributed by atoms with Gasteiger partial charge in [0.15, 0.2) is 23.5 Å². The molecule has 0 unspecified atom stereocenters. The molecule has 13 aromatic rings. The average Bonchev–Trinajstić information content (AvgIpc) is 1.64. The summed E-state index contributed by atoms with van der Waals surface area (Å²) in [6, 6.07) is 45.9. The van der Waals surface area contributed by atoms with Crippen molar-refractivity contribution in [1.82, 2.24) is 61.0 Å². The molecule has 6 aromatic heterocycles. The van der Waals surface area contributed by atoms with Gasteiger partial charge in [0.1, 0.15) is 11.4 Å². The fourth-order valence-corrected chi connectivity index (χ4v) is 8.55. The number of nitrogens with two attached hydrogens (primary N) is 2. The molecule has 28 nitrogen and oxygen atoms in total. The SMILES string of the molecule is C1CCOC1.CCO.CCOC(=O)c1n[nH]c2ccccc12.Cc1cc(N)c(N)cc1C.Cc1cc2nc(-c3n[nH]c4ccccc34)[nH]c2cc1C.O=C(O)c1n[nH]c2ccccc12.O=Cc1[nH]nc2ccccc12.O=S(=O)(O)O.OCc1[nH]nc2ccccc12.[O]=[Mn]=[O]. The number of hydrogen-bond donors (Lipinski definition) is 13. The van der Waals surface area contributed by atoms with E-state index in [1.54, 1.807) is 32.0 Å². The number of carboxylic acid groups (broad SMARTS) is 1. The summed E-state index contributed by atoms with van der Waals surface area (Å²) in [6.45, 7) is 14.3. The minimum atomic E-state index is -4.67. The van der Waals surface area contributed by atoms with E-state index in [-0.39, 0.29) is 24.9 Å². The zero-order valence-electron chi connectivity index (χ0n) is 51.9. The van der Waals surface area contributed by atoms with E-state index < -0.39 is 31.2 Å². The van der Waals surface area contributed by atoms with Crippen LogP contribution in [0.5, 0.6) is 0 Å². The Labute approximate surface area is 544 Å². The Hall–Kier alpha value is -10.6. The Morgan fingerprint density at radius 2 is 1.01 bits per heavy atom. The van der Waals surface area contributed by atoms with Crippen LogP contribution in [0.3, 0.4) is 0 Å². The van der Waals surface area contributed by atoms with Gasteiger partial charge in [-0.15, -0.1) is 0 Å². The van der Waals surface area contributed by atoms with Crippen LogP contribution in [0.2, 0.25) is 0 Å². The van der Waals surface area contributed by atoms with Crippen LogP contribution in [0.15, 0.2) is 146 Å². The first-order valence-electron chi connectivity index (χ1n) is 28.6. The van der Waals surface area contributed by atoms with Crippen molar-refractivity contribution < 1.29 is 79.2 Å². The molecule has 0 amide bonds. The van der Waals surface area contributed by atoms with Gasteiger partial charge >= 0.3 is 44.8 Å². The van der Waals surface area contributed by atoms with Crippen LogP contribution in [0, 0.1) is 27.7 Å². The second-order valence-electron chi connectivity index (χ2n) is 19.8. The number of nitrogen functional groups attached to an aromatic ring is 2. The van der Waals surface area contributed by atoms with E-state index in [1.807, 2.05) is 123 Å². The first kappa shape index (κ1) is 74.2. The molecule has 30 heteroatoms. The number of ether oxygens (including phenoxy) is 2. The fourth-order valence-electron chi connectivity index (χ4n) is 8.55. The number of aldehydes is 1. The summed E-state index contributed by atoms with van der Waals surface area (Å²) in [5.41, 5.74) is 26.3. The molecule has 0 radical (unpaired) electrons. The number of aromatic carboxylic acids is 1. The van der Waals surface area contributed by atoms with Crippen molar-refractivity contribution in [3.63, 3.8) is 0 Å². The molecule has 1 saturated heterocycles. The van der Waals surface area contributed by atoms with Crippen molar-refractivity contribution >= 4 is 106 Å². The number of carbonyl (C=O) groups excluding carboxylic acids is 2. The molecule has 1 aliphatic rings. The van der Waals surface area contributed by atoms with Crippen LogP contribution in [0.25, 0.3) is 77.1 Å². The molecule has 7 aromatic carbocycles. The van der Waals surface area contributed by atoms with Gasteiger partial charge in [-0.3, -0.25) is 39.4 Å². The number of aryl methyl sites for hydroxylation is 4. The summed E-state index contributed by atoms with van der Waals surface area (Å²) in [5, 5.41) is 63.3. The predicted octanol–water partition coefficient (Wildman–Crippen LogP) is 10.5. The number of anilines is 2. The molecule has 1 fully saturated rings. The van der Waals surface area contributed by atoms with Crippen LogP contribution >= 0.6 is 0 Å². The molecular weight excluding hydrogens is 1280 g/mol. The number of aliphatic hydroxyl groups is 2. The normalized spacial score (nSPS) is 11.0. The van der Waals surface area contributed by atoms with Crippen molar-refractivity contribution in [2.24, 2.45) is 0 Å². The monoisotopic (exact) mass is 1350 g/mol. The summed E-state index contributed by atoms with van der Waals surface area (Å²) >= 11 is -1.44. The van der Waals surface area contributed by atoms with E-state index in [0.29, 0.717) is 34.8 Å². The molecule has 0 spiro atoms. The number of nitrogens with zero attached hydrogens (tertiary/aromatic N) is 6. The average molecular weight is 1350 g/mol. The summed E-state index contributed by atoms with van der Waals surface area (Å²) in [7, 11) is -4.67. The summed E-state index contributed by atoms with van der Waals surface area (Å²) < 4.78 is 58.2. The van der Waals surface area contributed by atoms with Crippen molar-refractivity contribution in [2.75, 3.05) is 37.9 Å². The molecule has 0 saturated carbocycles. The number of hydrogen-bond acceptors (Lipinski definition) is 19. The standard InChI is InChI=1S/C16H14N4.C10H10N2O2.C8H6N2O2.C8H8N2O.C8H6N2O.C8H12N2.C4H8O.C2H6O.Mn.H2O4S.2O/c1-9-7-13-14(8-10(9)2)18-16(17-13)15-11-5-3-4-6-12(11)19-20-15;1-2-14-10(13)9-7-5-3-4-6-8(7)11-12-9;11-8(12)7-5-3-1-2-4-6(5)9-10-7;2*11-5-8-6-3-1-2-4-7(6)9-10-8;1-5-3-7(9)8(10)4-6(5)2;1-2-4-5-3-1;1-2-3;;1-5(2,3)4;;/h3-8H,1-2H3,(H,17,18)(H,19,20);3-6H,2H2,1H3,(H,11,12);1-4H,(H,9,10)(H,11,12);1-4,11H,5H2,(H,9,10);1-5H,(H,9,10);3-4H,9-10H2,1-2H3;1-4H2;3H,2H2,1H3;;(H2,1,2,3,4);;. The third kappa shape index (κ3) is 22.4. The Morgan fingerprint density at radius 1 is 0.585 bits per heavy atom. The second-order valence-corrected chi connectivity index (χ2v) is 20.9. The first-order chi connectivity index (χ1) is 45.1. The van der Waals surface area contributed by atoms with E-state index in [1.165, 1.54) is 35.1 Å². The number of rotatable bonds is 6. The Bertz CT molecular complexity index is 4600. The number of H-pyrrole nitrogens is 6. The number of nitrogens with one attached hydrogen (secondary N) is 6. The minimum absolute atomic E-state index is 0.0144. The number of aromatic amines is 6. The van der Waals surface area contributed by atoms with E-state index in [0.717, 1.165) is 96.9 Å². The second kappa shape index (κ2) is 37.7. The maximum absolute atomic E-state index is 11.4. The molecule has 1 aliphatic heterocycles. The fraction of sp³-hybridized carbons (Fsp3) is 0.203. The number of carboxylic acids is 1. The zero-order valence-corrected chi connectivity index (χ0v) is 53.9. The van der Waals surface area contributed by atoms with Gasteiger partial charge in [-0.05, 0) is 131 Å². The molecule has 15 N–H and O–H groups in total. The van der Waals surface area contributed by atoms with Gasteiger partial charge in [0.25, 0.3) is 0 Å². The molecular formula is C64H72MnN14O14S. The number of imidazole rings is 1. The van der Waals surface area contributed by atoms with Crippen LogP contribution in [-0.2, 0) is 49.0 Å². The number of aromatic nitrogens is 12. The molecule has 7 heterocycles. The van der Waals surface area contributed by atoms with E-state index in [9.17, 15) is 14.4 Å². The first-order valence-corrected chi connectivity index (χ1v) is 31.0. The van der Waals surface area contributed by atoms with Gasteiger partial charge in [0, 0.05) is 46.8 Å². The number of fused-ring (bicyclic) bond motifs is 6. The molecule has 0 aliphatic carbocycles. The van der Waals surface area contributed by atoms with Crippen molar-refractivity contribution in [3.05, 3.63) is 191 Å². The van der Waals surface area contributed by atoms with Crippen LogP contribution < -0.4 is 11.5 Å². The van der Waals surface area contributed by atoms with Gasteiger partial charge in [0.2, 0.25) is 0 Å². The molecule has 495 valence electrons. The molecule has 14 rings (SSSR count). The number of carbonyl (C=O) groups is 3. The Balaban J connectivity index is 0.000000198. The Kier molecular flexibility index (Phi) is 29.7. The number of benzene rings is 7. The number of para-hydroxylation sites is 5. The van der Waals surface area contributed by atoms with Gasteiger partial charge in [-0.25, -0.2) is 14.6 Å². The van der Waals surface area contributed by atoms with Crippen molar-refractivity contribution in [2.45, 2.75) is 61.0 Å². The van der Waals surface area contributed by atoms with Gasteiger partial charge in [0.05, 0.1) is 68.9 Å². The van der Waals surface area contributed by atoms with Gasteiger partial charge < -0.3 is 41.2 Å². The van der Waals surface area contributed by atoms with Crippen molar-refractivity contribution in [3.8, 4) is 11.5 Å². The van der Waals surface area contributed by atoms with E-state index in [4.69, 9.17) is 61.5 Å². The van der Waals surface area contributed by atoms with Crippen LogP contribution in [0.1, 0.15) is 86.1 Å². The quantitative estimate of drug-likeness (QED) is 0.0242. The molecule has 0 atom stereocenters. The number of aliphatic hydroxyl groups excluding tert-OH is 2. The predicted molar refractivity (Wildman–Crippen MR) is 352 cm³/mol. The van der Waals surface area contributed by atoms with Gasteiger partial charge in [-0.2, -0.15) is 33.9 Å². The number of esters is 1. The maximum atomic E-state index is 11.4.